The fourth-order valence-corrected chi connectivity index (χ4v) is 8.02. The molecular weight excluding hydrogens is 799 g/mol. The third kappa shape index (κ3) is 11.9. The molecule has 0 spiro atoms. The van der Waals surface area contributed by atoms with E-state index in [-0.39, 0.29) is 54.7 Å². The lowest BCUT2D eigenvalue weighted by molar-refractivity contribution is -0.138. The van der Waals surface area contributed by atoms with Gasteiger partial charge in [-0.25, -0.2) is 4.79 Å². The molecule has 0 unspecified atom stereocenters. The van der Waals surface area contributed by atoms with Crippen LogP contribution >= 0.6 is 0 Å². The van der Waals surface area contributed by atoms with Gasteiger partial charge >= 0.3 is 5.97 Å². The van der Waals surface area contributed by atoms with E-state index in [1.807, 2.05) is 0 Å². The Morgan fingerprint density at radius 3 is 0.906 bits per heavy atom. The van der Waals surface area contributed by atoms with Gasteiger partial charge in [0.2, 0.25) is 0 Å². The van der Waals surface area contributed by atoms with Gasteiger partial charge < -0.3 is 23.7 Å². The number of benzene rings is 4. The molecule has 0 amide bonds. The number of nitriles is 3. The first kappa shape index (κ1) is 48.8. The maximum atomic E-state index is 12.1. The molecule has 0 atom stereocenters. The second kappa shape index (κ2) is 19.7. The summed E-state index contributed by atoms with van der Waals surface area (Å²) in [6, 6.07) is 24.0. The second-order valence-electron chi connectivity index (χ2n) is 20.8. The number of esters is 1. The molecule has 0 heterocycles. The van der Waals surface area contributed by atoms with Crippen LogP contribution in [0.15, 0.2) is 61.2 Å². The van der Waals surface area contributed by atoms with Crippen LogP contribution < -0.4 is 18.9 Å². The van der Waals surface area contributed by atoms with E-state index < -0.39 is 5.97 Å². The van der Waals surface area contributed by atoms with E-state index in [1.54, 1.807) is 0 Å². The highest BCUT2D eigenvalue weighted by Crippen LogP contribution is 2.44. The van der Waals surface area contributed by atoms with E-state index in [0.717, 1.165) is 72.8 Å². The van der Waals surface area contributed by atoms with Crippen molar-refractivity contribution >= 4 is 5.97 Å². The summed E-state index contributed by atoms with van der Waals surface area (Å²) in [5.41, 5.74) is 10.4. The fraction of sp³-hybridized carbons (Fsp3) is 0.455. The lowest BCUT2D eigenvalue weighted by atomic mass is 9.79. The average molecular weight is 864 g/mol. The second-order valence-corrected chi connectivity index (χ2v) is 20.8. The van der Waals surface area contributed by atoms with Crippen LogP contribution in [-0.2, 0) is 56.9 Å². The Morgan fingerprint density at radius 2 is 0.703 bits per heavy atom. The van der Waals surface area contributed by atoms with Gasteiger partial charge in [0.25, 0.3) is 0 Å². The van der Waals surface area contributed by atoms with Crippen molar-refractivity contribution in [3.05, 3.63) is 128 Å². The van der Waals surface area contributed by atoms with E-state index in [9.17, 15) is 20.6 Å². The molecule has 0 saturated carbocycles. The maximum Gasteiger partial charge on any atom is 0.330 e. The normalized spacial score (nSPS) is 12.8. The van der Waals surface area contributed by atoms with Gasteiger partial charge in [0.05, 0.1) is 0 Å². The molecule has 64 heavy (non-hydrogen) atoms. The third-order valence-corrected chi connectivity index (χ3v) is 11.5. The number of nitrogens with zero attached hydrogens (tertiary/aromatic N) is 3. The van der Waals surface area contributed by atoms with Crippen molar-refractivity contribution in [1.29, 1.82) is 15.8 Å². The van der Waals surface area contributed by atoms with Gasteiger partial charge in [0.15, 0.2) is 19.8 Å². The number of carbonyl (C=O) groups is 1. The number of hydrogen-bond acceptors (Lipinski definition) is 9. The molecule has 5 rings (SSSR count). The molecule has 0 fully saturated rings. The first-order valence-corrected chi connectivity index (χ1v) is 22.0. The molecule has 0 saturated heterocycles. The number of hydrogen-bond donors (Lipinski definition) is 0. The molecule has 0 aliphatic heterocycles. The Bertz CT molecular complexity index is 2390. The van der Waals surface area contributed by atoms with Crippen molar-refractivity contribution in [2.24, 2.45) is 0 Å². The summed E-state index contributed by atoms with van der Waals surface area (Å²) >= 11 is 0. The molecule has 9 heteroatoms. The van der Waals surface area contributed by atoms with Gasteiger partial charge in [-0.2, -0.15) is 15.8 Å². The molecule has 0 N–H and O–H groups in total. The predicted molar refractivity (Wildman–Crippen MR) is 252 cm³/mol. The molecule has 0 aromatic heterocycles. The summed E-state index contributed by atoms with van der Waals surface area (Å²) in [7, 11) is 0. The van der Waals surface area contributed by atoms with Gasteiger partial charge in [0.1, 0.15) is 54.4 Å². The highest BCUT2D eigenvalue weighted by atomic mass is 16.6. The highest BCUT2D eigenvalue weighted by Gasteiger charge is 2.29. The number of fused-ring (bicyclic) bond motifs is 8. The minimum Gasteiger partial charge on any atom is -0.489 e. The van der Waals surface area contributed by atoms with Crippen LogP contribution in [-0.4, -0.2) is 39.0 Å². The molecule has 8 bridgehead atoms. The van der Waals surface area contributed by atoms with Crippen molar-refractivity contribution in [2.75, 3.05) is 33.0 Å². The Labute approximate surface area is 381 Å². The van der Waals surface area contributed by atoms with Gasteiger partial charge in [0, 0.05) is 31.8 Å². The van der Waals surface area contributed by atoms with Crippen molar-refractivity contribution in [1.82, 2.24) is 0 Å². The Hall–Kier alpha value is -6.24. The van der Waals surface area contributed by atoms with E-state index >= 15 is 0 Å². The van der Waals surface area contributed by atoms with Gasteiger partial charge in [-0.15, -0.1) is 0 Å². The summed E-state index contributed by atoms with van der Waals surface area (Å²) in [6.07, 6.45) is 2.66. The summed E-state index contributed by atoms with van der Waals surface area (Å²) in [6.45, 7) is 29.3. The zero-order valence-electron chi connectivity index (χ0n) is 40.1. The molecule has 4 aromatic rings. The fourth-order valence-electron chi connectivity index (χ4n) is 8.02. The minimum atomic E-state index is -0.536. The van der Waals surface area contributed by atoms with Crippen LogP contribution in [0.2, 0.25) is 0 Å². The molecule has 1 aliphatic rings. The molecule has 4 aromatic carbocycles. The van der Waals surface area contributed by atoms with Crippen LogP contribution in [0.5, 0.6) is 23.0 Å². The number of ether oxygens (including phenoxy) is 5. The lowest BCUT2D eigenvalue weighted by Gasteiger charge is -2.29. The zero-order chi connectivity index (χ0) is 47.2. The minimum absolute atomic E-state index is 0.00956. The SMILES string of the molecule is C=CC(=O)OCCOc1c2cc(C(C)(C)C)cc1Cc1cc(C(C)(C)C)cc(c1OCC#N)Cc1cc(C(C)(C)C)cc(c1OCC#N)Cc1cc(C(C)(C)C)cc(c1OCC#N)C2. The molecule has 336 valence electrons. The Kier molecular flexibility index (Phi) is 15.0. The van der Waals surface area contributed by atoms with E-state index in [0.29, 0.717) is 48.7 Å². The lowest BCUT2D eigenvalue weighted by Crippen LogP contribution is -2.18. The molecule has 0 radical (unpaired) electrons. The smallest absolute Gasteiger partial charge is 0.330 e. The summed E-state index contributed by atoms with van der Waals surface area (Å²) < 4.78 is 31.6. The third-order valence-electron chi connectivity index (χ3n) is 11.5. The molecule has 9 nitrogen and oxygen atoms in total. The Balaban J connectivity index is 2.01. The van der Waals surface area contributed by atoms with E-state index in [4.69, 9.17) is 23.7 Å². The zero-order valence-corrected chi connectivity index (χ0v) is 40.1. The van der Waals surface area contributed by atoms with Crippen LogP contribution in [0, 0.1) is 34.0 Å². The van der Waals surface area contributed by atoms with Crippen molar-refractivity contribution in [3.63, 3.8) is 0 Å². The van der Waals surface area contributed by atoms with E-state index in [1.165, 1.54) is 0 Å². The first-order chi connectivity index (χ1) is 30.0. The average Bonchev–Trinajstić information content (AvgIpc) is 3.19. The van der Waals surface area contributed by atoms with Crippen LogP contribution in [0.3, 0.4) is 0 Å². The van der Waals surface area contributed by atoms with E-state index in [2.05, 4.69) is 156 Å². The predicted octanol–water partition coefficient (Wildman–Crippen LogP) is 11.4. The van der Waals surface area contributed by atoms with Crippen molar-refractivity contribution in [2.45, 2.75) is 130 Å². The molecular formula is C55H65N3O6. The summed E-state index contributed by atoms with van der Waals surface area (Å²) in [4.78, 5) is 12.1. The topological polar surface area (TPSA) is 135 Å². The maximum absolute atomic E-state index is 12.1. The van der Waals surface area contributed by atoms with Crippen molar-refractivity contribution in [3.8, 4) is 41.2 Å². The van der Waals surface area contributed by atoms with Gasteiger partial charge in [-0.3, -0.25) is 0 Å². The van der Waals surface area contributed by atoms with Gasteiger partial charge in [-0.05, 0) is 88.4 Å². The van der Waals surface area contributed by atoms with Crippen molar-refractivity contribution < 1.29 is 28.5 Å². The Morgan fingerprint density at radius 1 is 0.469 bits per heavy atom. The number of rotatable bonds is 11. The summed E-state index contributed by atoms with van der Waals surface area (Å²) in [5.74, 6) is 1.93. The first-order valence-electron chi connectivity index (χ1n) is 22.0. The quantitative estimate of drug-likeness (QED) is 0.0722. The summed E-state index contributed by atoms with van der Waals surface area (Å²) in [5, 5.41) is 29.8. The van der Waals surface area contributed by atoms with Crippen LogP contribution in [0.25, 0.3) is 0 Å². The van der Waals surface area contributed by atoms with Crippen LogP contribution in [0.1, 0.15) is 150 Å². The van der Waals surface area contributed by atoms with Crippen LogP contribution in [0.4, 0.5) is 0 Å². The number of carbonyl (C=O) groups excluding carboxylic acids is 1. The highest BCUT2D eigenvalue weighted by molar-refractivity contribution is 5.81. The largest absolute Gasteiger partial charge is 0.489 e. The van der Waals surface area contributed by atoms with Gasteiger partial charge in [-0.1, -0.05) is 138 Å². The monoisotopic (exact) mass is 863 g/mol. The molecule has 1 aliphatic carbocycles. The standard InChI is InChI=1S/C55H65N3O6/c1-14-47(59)60-21-22-64-51-41-25-39-31-44(53(5,6)7)29-37(49(39)62-19-16-57)23-35-27-43(52(2,3)4)28-36(48(35)61-18-15-56)24-38-30-45(54(8,9)10)32-40(50(38)63-20-17-58)26-42(51)34-46(33-41)55(11,12)13/h14,27-34H,1,18-26H2,2-13H3.